The van der Waals surface area contributed by atoms with Gasteiger partial charge in [-0.05, 0) is 49.9 Å². The van der Waals surface area contributed by atoms with Gasteiger partial charge >= 0.3 is 5.97 Å². The maximum absolute atomic E-state index is 11.9. The van der Waals surface area contributed by atoms with Gasteiger partial charge < -0.3 is 9.67 Å². The zero-order chi connectivity index (χ0) is 13.4. The van der Waals surface area contributed by atoms with Crippen LogP contribution in [-0.2, 0) is 0 Å². The fourth-order valence-electron chi connectivity index (χ4n) is 2.25. The Morgan fingerprint density at radius 1 is 1.28 bits per heavy atom. The van der Waals surface area contributed by atoms with E-state index in [0.29, 0.717) is 0 Å². The number of hydrogen-bond acceptors (Lipinski definition) is 2. The molecule has 18 heavy (non-hydrogen) atoms. The topological polar surface area (TPSA) is 59.3 Å². The Morgan fingerprint density at radius 3 is 2.50 bits per heavy atom. The first-order valence-electron chi connectivity index (χ1n) is 5.81. The quantitative estimate of drug-likeness (QED) is 0.884. The monoisotopic (exact) mass is 245 g/mol. The summed E-state index contributed by atoms with van der Waals surface area (Å²) >= 11 is 0. The van der Waals surface area contributed by atoms with Crippen LogP contribution in [0.3, 0.4) is 0 Å². The first kappa shape index (κ1) is 12.4. The number of carbonyl (C=O) groups is 1. The first-order valence-corrected chi connectivity index (χ1v) is 5.81. The molecular weight excluding hydrogens is 230 g/mol. The number of carboxylic acids is 1. The van der Waals surface area contributed by atoms with Gasteiger partial charge in [0.2, 0.25) is 0 Å². The van der Waals surface area contributed by atoms with Gasteiger partial charge in [-0.15, -0.1) is 0 Å². The van der Waals surface area contributed by atoms with E-state index in [-0.39, 0.29) is 17.2 Å². The highest BCUT2D eigenvalue weighted by Gasteiger charge is 2.12. The van der Waals surface area contributed by atoms with Crippen LogP contribution >= 0.6 is 0 Å². The molecule has 0 saturated heterocycles. The van der Waals surface area contributed by atoms with Crippen molar-refractivity contribution in [1.29, 1.82) is 0 Å². The maximum atomic E-state index is 11.9. The van der Waals surface area contributed by atoms with E-state index in [9.17, 15) is 9.59 Å². The molecule has 0 aliphatic heterocycles. The number of fused-ring (bicyclic) bond motifs is 1. The summed E-state index contributed by atoms with van der Waals surface area (Å²) in [5, 5.41) is 9.81. The summed E-state index contributed by atoms with van der Waals surface area (Å²) < 4.78 is 1.69. The van der Waals surface area contributed by atoms with Crippen molar-refractivity contribution in [1.82, 2.24) is 4.57 Å². The summed E-state index contributed by atoms with van der Waals surface area (Å²) in [5.41, 5.74) is 1.79. The molecule has 0 saturated carbocycles. The van der Waals surface area contributed by atoms with Crippen LogP contribution in [0.1, 0.15) is 35.8 Å². The molecular formula is C14H15NO3. The Bertz CT molecular complexity index is 683. The van der Waals surface area contributed by atoms with Gasteiger partial charge in [-0.1, -0.05) is 0 Å². The minimum Gasteiger partial charge on any atom is -0.478 e. The van der Waals surface area contributed by atoms with E-state index < -0.39 is 5.97 Å². The van der Waals surface area contributed by atoms with E-state index in [1.54, 1.807) is 22.8 Å². The second-order valence-corrected chi connectivity index (χ2v) is 4.67. The third-order valence-electron chi connectivity index (χ3n) is 2.98. The summed E-state index contributed by atoms with van der Waals surface area (Å²) in [6.07, 6.45) is 0. The smallest absolute Gasteiger partial charge is 0.335 e. The van der Waals surface area contributed by atoms with E-state index in [1.807, 2.05) is 20.8 Å². The largest absolute Gasteiger partial charge is 0.478 e. The number of aromatic carboxylic acids is 1. The van der Waals surface area contributed by atoms with Gasteiger partial charge in [0, 0.05) is 12.1 Å². The number of carboxylic acid groups (broad SMARTS) is 1. The molecule has 1 heterocycles. The zero-order valence-electron chi connectivity index (χ0n) is 10.6. The predicted octanol–water partition coefficient (Wildman–Crippen LogP) is 2.59. The molecule has 1 aromatic carbocycles. The van der Waals surface area contributed by atoms with Crippen LogP contribution in [0.5, 0.6) is 0 Å². The van der Waals surface area contributed by atoms with Crippen LogP contribution in [0.2, 0.25) is 0 Å². The van der Waals surface area contributed by atoms with Crippen LogP contribution in [0.25, 0.3) is 10.9 Å². The Hall–Kier alpha value is -2.10. The van der Waals surface area contributed by atoms with Crippen LogP contribution in [0, 0.1) is 6.92 Å². The molecule has 0 amide bonds. The van der Waals surface area contributed by atoms with Crippen molar-refractivity contribution >= 4 is 16.9 Å². The molecule has 0 atom stereocenters. The molecule has 4 nitrogen and oxygen atoms in total. The molecule has 0 aliphatic rings. The number of nitrogens with zero attached hydrogens (tertiary/aromatic N) is 1. The third-order valence-corrected chi connectivity index (χ3v) is 2.98. The highest BCUT2D eigenvalue weighted by molar-refractivity contribution is 5.94. The Kier molecular flexibility index (Phi) is 2.95. The van der Waals surface area contributed by atoms with Crippen molar-refractivity contribution < 1.29 is 9.90 Å². The van der Waals surface area contributed by atoms with Gasteiger partial charge in [-0.3, -0.25) is 4.79 Å². The molecule has 0 spiro atoms. The van der Waals surface area contributed by atoms with Gasteiger partial charge in [0.05, 0.1) is 11.1 Å². The lowest BCUT2D eigenvalue weighted by molar-refractivity contribution is 0.0697. The molecule has 94 valence electrons. The summed E-state index contributed by atoms with van der Waals surface area (Å²) in [6.45, 7) is 5.70. The fourth-order valence-corrected chi connectivity index (χ4v) is 2.25. The standard InChI is InChI=1S/C14H15NO3/c1-8(2)15-12(16)5-4-10-7-11(14(17)18)6-9(3)13(10)15/h4-8H,1-3H3,(H,17,18). The van der Waals surface area contributed by atoms with Crippen molar-refractivity contribution in [2.24, 2.45) is 0 Å². The molecule has 2 aromatic rings. The predicted molar refractivity (Wildman–Crippen MR) is 70.3 cm³/mol. The Labute approximate surface area is 104 Å². The van der Waals surface area contributed by atoms with E-state index >= 15 is 0 Å². The third kappa shape index (κ3) is 1.90. The lowest BCUT2D eigenvalue weighted by Gasteiger charge is -2.16. The molecule has 0 aliphatic carbocycles. The number of rotatable bonds is 2. The van der Waals surface area contributed by atoms with Crippen molar-refractivity contribution in [3.63, 3.8) is 0 Å². The van der Waals surface area contributed by atoms with Crippen molar-refractivity contribution in [3.05, 3.63) is 45.7 Å². The van der Waals surface area contributed by atoms with Crippen molar-refractivity contribution in [2.75, 3.05) is 0 Å². The highest BCUT2D eigenvalue weighted by atomic mass is 16.4. The van der Waals surface area contributed by atoms with E-state index in [4.69, 9.17) is 5.11 Å². The average molecular weight is 245 g/mol. The van der Waals surface area contributed by atoms with Crippen LogP contribution < -0.4 is 5.56 Å². The first-order chi connectivity index (χ1) is 8.41. The van der Waals surface area contributed by atoms with Crippen molar-refractivity contribution in [2.45, 2.75) is 26.8 Å². The lowest BCUT2D eigenvalue weighted by Crippen LogP contribution is -2.21. The van der Waals surface area contributed by atoms with Gasteiger partial charge in [0.15, 0.2) is 0 Å². The summed E-state index contributed by atoms with van der Waals surface area (Å²) in [7, 11) is 0. The average Bonchev–Trinajstić information content (AvgIpc) is 2.28. The molecule has 0 fully saturated rings. The Morgan fingerprint density at radius 2 is 1.94 bits per heavy atom. The van der Waals surface area contributed by atoms with Crippen LogP contribution in [0.15, 0.2) is 29.1 Å². The van der Waals surface area contributed by atoms with E-state index in [2.05, 4.69) is 0 Å². The van der Waals surface area contributed by atoms with Crippen LogP contribution in [0.4, 0.5) is 0 Å². The number of pyridine rings is 1. The summed E-state index contributed by atoms with van der Waals surface area (Å²) in [4.78, 5) is 22.9. The second kappa shape index (κ2) is 4.29. The number of aryl methyl sites for hydroxylation is 1. The van der Waals surface area contributed by atoms with E-state index in [0.717, 1.165) is 16.5 Å². The number of benzene rings is 1. The van der Waals surface area contributed by atoms with Gasteiger partial charge in [-0.25, -0.2) is 4.79 Å². The van der Waals surface area contributed by atoms with Crippen LogP contribution in [-0.4, -0.2) is 15.6 Å². The molecule has 1 N–H and O–H groups in total. The minimum atomic E-state index is -0.956. The molecule has 0 unspecified atom stereocenters. The zero-order valence-corrected chi connectivity index (χ0v) is 10.6. The maximum Gasteiger partial charge on any atom is 0.335 e. The molecule has 0 radical (unpaired) electrons. The van der Waals surface area contributed by atoms with E-state index in [1.165, 1.54) is 6.07 Å². The summed E-state index contributed by atoms with van der Waals surface area (Å²) in [5.74, 6) is -0.956. The molecule has 2 rings (SSSR count). The summed E-state index contributed by atoms with van der Waals surface area (Å²) in [6, 6.07) is 6.39. The second-order valence-electron chi connectivity index (χ2n) is 4.67. The number of hydrogen-bond donors (Lipinski definition) is 1. The molecule has 1 aromatic heterocycles. The minimum absolute atomic E-state index is 0.0376. The molecule has 0 bridgehead atoms. The SMILES string of the molecule is Cc1cc(C(=O)O)cc2ccc(=O)n(C(C)C)c12. The van der Waals surface area contributed by atoms with Crippen molar-refractivity contribution in [3.8, 4) is 0 Å². The highest BCUT2D eigenvalue weighted by Crippen LogP contribution is 2.21. The normalized spacial score (nSPS) is 11.1. The van der Waals surface area contributed by atoms with Gasteiger partial charge in [0.1, 0.15) is 0 Å². The fraction of sp³-hybridized carbons (Fsp3) is 0.286. The lowest BCUT2D eigenvalue weighted by atomic mass is 10.0. The number of aromatic nitrogens is 1. The van der Waals surface area contributed by atoms with Gasteiger partial charge in [-0.2, -0.15) is 0 Å². The van der Waals surface area contributed by atoms with Gasteiger partial charge in [0.25, 0.3) is 5.56 Å². The Balaban J connectivity index is 2.91. The molecule has 4 heteroatoms.